The average molecular weight is 473 g/mol. The van der Waals surface area contributed by atoms with Crippen molar-refractivity contribution in [3.8, 4) is 11.8 Å². The van der Waals surface area contributed by atoms with Crippen LogP contribution in [-0.2, 0) is 22.4 Å². The van der Waals surface area contributed by atoms with Crippen LogP contribution in [0.2, 0.25) is 0 Å². The summed E-state index contributed by atoms with van der Waals surface area (Å²) in [5.41, 5.74) is 4.26. The third kappa shape index (κ3) is 3.99. The van der Waals surface area contributed by atoms with Crippen LogP contribution in [0, 0.1) is 11.3 Å². The summed E-state index contributed by atoms with van der Waals surface area (Å²) < 4.78 is 5.59. The van der Waals surface area contributed by atoms with Gasteiger partial charge in [-0.3, -0.25) is 14.5 Å². The lowest BCUT2D eigenvalue weighted by atomic mass is 9.77. The van der Waals surface area contributed by atoms with Gasteiger partial charge in [0.15, 0.2) is 5.78 Å². The highest BCUT2D eigenvalue weighted by atomic mass is 32.1. The maximum Gasteiger partial charge on any atom is 0.232 e. The van der Waals surface area contributed by atoms with Crippen LogP contribution in [0.15, 0.2) is 48.2 Å². The smallest absolute Gasteiger partial charge is 0.232 e. The maximum atomic E-state index is 13.6. The zero-order valence-electron chi connectivity index (χ0n) is 19.3. The number of nitrogens with zero attached hydrogens (tertiary/aromatic N) is 2. The second-order valence-electron chi connectivity index (χ2n) is 9.15. The molecule has 2 aliphatic carbocycles. The molecule has 1 atom stereocenters. The molecule has 2 heterocycles. The molecule has 0 saturated carbocycles. The quantitative estimate of drug-likeness (QED) is 0.396. The number of anilines is 1. The normalized spacial score (nSPS) is 20.3. The molecule has 0 fully saturated rings. The minimum absolute atomic E-state index is 0.0293. The predicted octanol–water partition coefficient (Wildman–Crippen LogP) is 5.98. The summed E-state index contributed by atoms with van der Waals surface area (Å²) in [5.74, 6) is 0.560. The molecule has 0 spiro atoms. The number of ketones is 1. The number of aryl methyl sites for hydroxylation is 1. The molecule has 0 saturated heterocycles. The molecule has 5 rings (SSSR count). The highest BCUT2D eigenvalue weighted by Gasteiger charge is 2.41. The van der Waals surface area contributed by atoms with E-state index in [1.807, 2.05) is 24.3 Å². The molecule has 0 N–H and O–H groups in total. The highest BCUT2D eigenvalue weighted by Crippen LogP contribution is 2.48. The molecular formula is C28H28N2O3S. The van der Waals surface area contributed by atoms with Gasteiger partial charge >= 0.3 is 0 Å². The van der Waals surface area contributed by atoms with Crippen LogP contribution in [0.5, 0.6) is 5.75 Å². The van der Waals surface area contributed by atoms with Crippen LogP contribution in [0.25, 0.3) is 0 Å². The number of fused-ring (bicyclic) bond motifs is 1. The van der Waals surface area contributed by atoms with E-state index in [1.54, 1.807) is 22.3 Å². The molecule has 6 heteroatoms. The minimum atomic E-state index is -0.261. The number of ether oxygens (including phenoxy) is 1. The van der Waals surface area contributed by atoms with Crippen molar-refractivity contribution in [2.24, 2.45) is 0 Å². The average Bonchev–Trinajstić information content (AvgIpc) is 3.02. The molecule has 3 aliphatic rings. The first-order valence-electron chi connectivity index (χ1n) is 12.1. The number of amides is 1. The van der Waals surface area contributed by atoms with Crippen molar-refractivity contribution in [3.05, 3.63) is 69.8 Å². The van der Waals surface area contributed by atoms with Crippen LogP contribution >= 0.6 is 11.3 Å². The molecule has 1 amide bonds. The van der Waals surface area contributed by atoms with Crippen molar-refractivity contribution in [1.29, 1.82) is 5.26 Å². The molecular weight excluding hydrogens is 444 g/mol. The molecule has 0 bridgehead atoms. The Morgan fingerprint density at radius 1 is 1.09 bits per heavy atom. The zero-order chi connectivity index (χ0) is 23.7. The molecule has 1 aliphatic heterocycles. The number of Topliss-reactive ketones (excluding diaryl/α,β-unsaturated/α-hetero) is 1. The largest absolute Gasteiger partial charge is 0.490 e. The van der Waals surface area contributed by atoms with Crippen LogP contribution < -0.4 is 9.64 Å². The first-order valence-corrected chi connectivity index (χ1v) is 12.9. The van der Waals surface area contributed by atoms with Gasteiger partial charge in [0.2, 0.25) is 5.91 Å². The lowest BCUT2D eigenvalue weighted by Gasteiger charge is -2.38. The van der Waals surface area contributed by atoms with Gasteiger partial charge in [0, 0.05) is 34.9 Å². The van der Waals surface area contributed by atoms with Crippen molar-refractivity contribution in [3.63, 3.8) is 0 Å². The van der Waals surface area contributed by atoms with Gasteiger partial charge in [-0.05, 0) is 61.8 Å². The Kier molecular flexibility index (Phi) is 6.38. The van der Waals surface area contributed by atoms with Crippen LogP contribution in [-0.4, -0.2) is 18.3 Å². The van der Waals surface area contributed by atoms with Gasteiger partial charge in [-0.2, -0.15) is 5.26 Å². The van der Waals surface area contributed by atoms with Gasteiger partial charge in [-0.1, -0.05) is 31.2 Å². The minimum Gasteiger partial charge on any atom is -0.490 e. The van der Waals surface area contributed by atoms with Gasteiger partial charge in [-0.15, -0.1) is 11.3 Å². The second-order valence-corrected chi connectivity index (χ2v) is 10.2. The van der Waals surface area contributed by atoms with Gasteiger partial charge < -0.3 is 4.74 Å². The number of allylic oxidation sites excluding steroid dienone is 2. The first kappa shape index (κ1) is 22.6. The second kappa shape index (κ2) is 9.60. The molecule has 2 aromatic rings. The fourth-order valence-corrected chi connectivity index (χ4v) is 6.85. The fourth-order valence-electron chi connectivity index (χ4n) is 5.47. The van der Waals surface area contributed by atoms with Gasteiger partial charge in [-0.25, -0.2) is 0 Å². The molecule has 34 heavy (non-hydrogen) atoms. The van der Waals surface area contributed by atoms with E-state index in [2.05, 4.69) is 12.6 Å². The van der Waals surface area contributed by atoms with Gasteiger partial charge in [0.1, 0.15) is 23.4 Å². The third-order valence-corrected chi connectivity index (χ3v) is 8.32. The molecule has 1 aromatic carbocycles. The van der Waals surface area contributed by atoms with E-state index >= 15 is 0 Å². The Morgan fingerprint density at radius 2 is 1.88 bits per heavy atom. The SMILES string of the molecule is C=CCOc1ccc([C@H]2CC(=O)N(c3sc4c(c3C#N)CCCCC4)C3=C2C(=O)CCC3)cc1. The Morgan fingerprint density at radius 3 is 2.65 bits per heavy atom. The van der Waals surface area contributed by atoms with E-state index < -0.39 is 0 Å². The topological polar surface area (TPSA) is 70.4 Å². The maximum absolute atomic E-state index is 13.6. The van der Waals surface area contributed by atoms with Crippen LogP contribution in [0.3, 0.4) is 0 Å². The van der Waals surface area contributed by atoms with Crippen molar-refractivity contribution in [1.82, 2.24) is 0 Å². The molecule has 1 aromatic heterocycles. The van der Waals surface area contributed by atoms with Crippen molar-refractivity contribution < 1.29 is 14.3 Å². The number of benzene rings is 1. The molecule has 5 nitrogen and oxygen atoms in total. The van der Waals surface area contributed by atoms with E-state index in [-0.39, 0.29) is 24.0 Å². The zero-order valence-corrected chi connectivity index (χ0v) is 20.1. The first-order chi connectivity index (χ1) is 16.6. The molecule has 0 unspecified atom stereocenters. The summed E-state index contributed by atoms with van der Waals surface area (Å²) in [6.45, 7) is 4.10. The van der Waals surface area contributed by atoms with E-state index in [9.17, 15) is 14.9 Å². The number of nitriles is 1. The van der Waals surface area contributed by atoms with E-state index in [0.717, 1.165) is 65.3 Å². The number of carbonyl (C=O) groups excluding carboxylic acids is 2. The summed E-state index contributed by atoms with van der Waals surface area (Å²) >= 11 is 1.59. The number of carbonyl (C=O) groups is 2. The highest BCUT2D eigenvalue weighted by molar-refractivity contribution is 7.16. The number of rotatable bonds is 5. The molecule has 174 valence electrons. The summed E-state index contributed by atoms with van der Waals surface area (Å²) in [6.07, 6.45) is 9.06. The number of hydrogen-bond acceptors (Lipinski definition) is 5. The fraction of sp³-hybridized carbons (Fsp3) is 0.393. The van der Waals surface area contributed by atoms with Crippen LogP contribution in [0.4, 0.5) is 5.00 Å². The van der Waals surface area contributed by atoms with E-state index in [0.29, 0.717) is 25.0 Å². The Bertz CT molecular complexity index is 1220. The monoisotopic (exact) mass is 472 g/mol. The Balaban J connectivity index is 1.58. The lowest BCUT2D eigenvalue weighted by Crippen LogP contribution is -2.40. The van der Waals surface area contributed by atoms with Crippen molar-refractivity contribution in [2.75, 3.05) is 11.5 Å². The summed E-state index contributed by atoms with van der Waals surface area (Å²) in [5, 5.41) is 10.8. The summed E-state index contributed by atoms with van der Waals surface area (Å²) in [6, 6.07) is 10.1. The van der Waals surface area contributed by atoms with E-state index in [4.69, 9.17) is 4.74 Å². The predicted molar refractivity (Wildman–Crippen MR) is 133 cm³/mol. The summed E-state index contributed by atoms with van der Waals surface area (Å²) in [4.78, 5) is 29.8. The van der Waals surface area contributed by atoms with Gasteiger partial charge in [0.25, 0.3) is 0 Å². The summed E-state index contributed by atoms with van der Waals surface area (Å²) in [7, 11) is 0. The van der Waals surface area contributed by atoms with Crippen molar-refractivity contribution in [2.45, 2.75) is 63.7 Å². The van der Waals surface area contributed by atoms with Gasteiger partial charge in [0.05, 0.1) is 5.56 Å². The Labute approximate surface area is 204 Å². The standard InChI is InChI=1S/C28H28N2O3S/c1-2-15-33-19-13-11-18(12-14-19)21-16-26(32)30(23-8-6-9-24(31)27(21)23)28-22(17-29)20-7-4-3-5-10-25(20)34-28/h2,11-14,21H,1,3-10,15-16H2/t21-/m1/s1. The van der Waals surface area contributed by atoms with Crippen molar-refractivity contribution >= 4 is 28.0 Å². The third-order valence-electron chi connectivity index (χ3n) is 7.04. The molecule has 0 radical (unpaired) electrons. The lowest BCUT2D eigenvalue weighted by molar-refractivity contribution is -0.119. The Hall–Kier alpha value is -3.17. The van der Waals surface area contributed by atoms with E-state index in [1.165, 1.54) is 11.3 Å². The number of thiophene rings is 1. The van der Waals surface area contributed by atoms with Crippen LogP contribution in [0.1, 0.15) is 72.4 Å². The number of hydrogen-bond donors (Lipinski definition) is 0.